The van der Waals surface area contributed by atoms with Crippen molar-refractivity contribution in [1.82, 2.24) is 30.1 Å². The number of tetrazole rings is 1. The van der Waals surface area contributed by atoms with Gasteiger partial charge in [-0.05, 0) is 63.4 Å². The SMILES string of the molecule is Cc1ccc2cc(CN(Cc3cccs3)C(c3nnnn3Cc3ccccc3)C(C)C)c(=O)[nH]c2c1. The van der Waals surface area contributed by atoms with Gasteiger partial charge in [0.1, 0.15) is 0 Å². The van der Waals surface area contributed by atoms with Crippen LogP contribution in [0.1, 0.15) is 47.3 Å². The smallest absolute Gasteiger partial charge is 0.252 e. The number of benzene rings is 2. The van der Waals surface area contributed by atoms with E-state index in [4.69, 9.17) is 0 Å². The van der Waals surface area contributed by atoms with E-state index in [1.807, 2.05) is 41.9 Å². The highest BCUT2D eigenvalue weighted by atomic mass is 32.1. The summed E-state index contributed by atoms with van der Waals surface area (Å²) in [6, 6.07) is 22.5. The first-order chi connectivity index (χ1) is 17.5. The van der Waals surface area contributed by atoms with Crippen LogP contribution in [-0.4, -0.2) is 30.1 Å². The molecule has 7 nitrogen and oxygen atoms in total. The van der Waals surface area contributed by atoms with Crippen LogP contribution in [0.3, 0.4) is 0 Å². The Labute approximate surface area is 214 Å². The van der Waals surface area contributed by atoms with Crippen LogP contribution in [0.15, 0.2) is 76.9 Å². The van der Waals surface area contributed by atoms with E-state index in [0.717, 1.165) is 33.4 Å². The molecule has 0 aliphatic carbocycles. The van der Waals surface area contributed by atoms with Gasteiger partial charge in [0.2, 0.25) is 0 Å². The fraction of sp³-hybridized carbons (Fsp3) is 0.286. The van der Waals surface area contributed by atoms with Crippen molar-refractivity contribution in [3.63, 3.8) is 0 Å². The maximum Gasteiger partial charge on any atom is 0.252 e. The molecule has 2 aromatic carbocycles. The zero-order chi connectivity index (χ0) is 25.1. The summed E-state index contributed by atoms with van der Waals surface area (Å²) in [7, 11) is 0. The van der Waals surface area contributed by atoms with E-state index in [-0.39, 0.29) is 17.5 Å². The van der Waals surface area contributed by atoms with Gasteiger partial charge in [0.25, 0.3) is 5.56 Å². The van der Waals surface area contributed by atoms with Crippen LogP contribution >= 0.6 is 11.3 Å². The summed E-state index contributed by atoms with van der Waals surface area (Å²) >= 11 is 1.72. The second kappa shape index (κ2) is 10.6. The predicted molar refractivity (Wildman–Crippen MR) is 144 cm³/mol. The minimum atomic E-state index is -0.0843. The fourth-order valence-electron chi connectivity index (χ4n) is 4.73. The van der Waals surface area contributed by atoms with Crippen LogP contribution in [0.4, 0.5) is 0 Å². The number of H-pyrrole nitrogens is 1. The summed E-state index contributed by atoms with van der Waals surface area (Å²) in [4.78, 5) is 19.8. The Morgan fingerprint density at radius 3 is 2.61 bits per heavy atom. The molecule has 1 unspecified atom stereocenters. The van der Waals surface area contributed by atoms with Crippen LogP contribution in [0, 0.1) is 12.8 Å². The monoisotopic (exact) mass is 498 g/mol. The minimum absolute atomic E-state index is 0.0596. The highest BCUT2D eigenvalue weighted by molar-refractivity contribution is 7.09. The van der Waals surface area contributed by atoms with Gasteiger partial charge >= 0.3 is 0 Å². The summed E-state index contributed by atoms with van der Waals surface area (Å²) < 4.78 is 1.88. The topological polar surface area (TPSA) is 79.7 Å². The van der Waals surface area contributed by atoms with Crippen molar-refractivity contribution >= 4 is 22.2 Å². The molecular weight excluding hydrogens is 468 g/mol. The Bertz CT molecular complexity index is 1490. The van der Waals surface area contributed by atoms with Gasteiger partial charge in [-0.25, -0.2) is 4.68 Å². The van der Waals surface area contributed by atoms with E-state index in [2.05, 4.69) is 81.0 Å². The maximum absolute atomic E-state index is 13.1. The number of aromatic amines is 1. The standard InChI is InChI=1S/C28H30N6OS/c1-19(2)26(27-30-31-32-34(27)16-21-8-5-4-6-9-21)33(18-24-10-7-13-36-24)17-23-15-22-12-11-20(3)14-25(22)29-28(23)35/h4-15,19,26H,16-18H2,1-3H3,(H,29,35). The van der Waals surface area contributed by atoms with Crippen molar-refractivity contribution in [2.45, 2.75) is 46.4 Å². The van der Waals surface area contributed by atoms with Crippen LogP contribution in [0.2, 0.25) is 0 Å². The Balaban J connectivity index is 1.53. The number of aryl methyl sites for hydroxylation is 1. The largest absolute Gasteiger partial charge is 0.322 e. The molecule has 5 aromatic rings. The molecule has 0 aliphatic heterocycles. The molecule has 0 radical (unpaired) electrons. The zero-order valence-electron chi connectivity index (χ0n) is 20.8. The van der Waals surface area contributed by atoms with Gasteiger partial charge in [-0.15, -0.1) is 16.4 Å². The number of hydrogen-bond acceptors (Lipinski definition) is 6. The molecule has 0 bridgehead atoms. The van der Waals surface area contributed by atoms with E-state index in [1.165, 1.54) is 4.88 Å². The third-order valence-electron chi connectivity index (χ3n) is 6.42. The second-order valence-electron chi connectivity index (χ2n) is 9.57. The lowest BCUT2D eigenvalue weighted by Crippen LogP contribution is -2.35. The van der Waals surface area contributed by atoms with Crippen molar-refractivity contribution in [3.8, 4) is 0 Å². The minimum Gasteiger partial charge on any atom is -0.322 e. The molecule has 3 aromatic heterocycles. The molecule has 5 rings (SSSR count). The second-order valence-corrected chi connectivity index (χ2v) is 10.6. The molecule has 3 heterocycles. The molecule has 0 spiro atoms. The van der Waals surface area contributed by atoms with Gasteiger partial charge in [-0.3, -0.25) is 9.69 Å². The third kappa shape index (κ3) is 5.29. The molecule has 1 atom stereocenters. The van der Waals surface area contributed by atoms with Crippen LogP contribution < -0.4 is 5.56 Å². The van der Waals surface area contributed by atoms with Crippen molar-refractivity contribution in [3.05, 3.63) is 110 Å². The average molecular weight is 499 g/mol. The molecule has 0 saturated carbocycles. The van der Waals surface area contributed by atoms with E-state index >= 15 is 0 Å². The number of hydrogen-bond donors (Lipinski definition) is 1. The van der Waals surface area contributed by atoms with Gasteiger partial charge in [-0.2, -0.15) is 0 Å². The van der Waals surface area contributed by atoms with Gasteiger partial charge in [0, 0.05) is 29.0 Å². The summed E-state index contributed by atoms with van der Waals surface area (Å²) in [5.41, 5.74) is 3.79. The van der Waals surface area contributed by atoms with E-state index in [9.17, 15) is 4.79 Å². The number of nitrogens with one attached hydrogen (secondary N) is 1. The molecule has 8 heteroatoms. The quantitative estimate of drug-likeness (QED) is 0.297. The number of rotatable bonds is 9. The number of aromatic nitrogens is 5. The Hall–Kier alpha value is -3.62. The summed E-state index contributed by atoms with van der Waals surface area (Å²) in [6.45, 7) is 8.17. The maximum atomic E-state index is 13.1. The first kappa shape index (κ1) is 24.1. The number of nitrogens with zero attached hydrogens (tertiary/aromatic N) is 5. The predicted octanol–water partition coefficient (Wildman–Crippen LogP) is 5.33. The molecule has 184 valence electrons. The third-order valence-corrected chi connectivity index (χ3v) is 7.28. The number of pyridine rings is 1. The molecule has 0 saturated heterocycles. The van der Waals surface area contributed by atoms with Crippen LogP contribution in [0.5, 0.6) is 0 Å². The highest BCUT2D eigenvalue weighted by Gasteiger charge is 2.30. The van der Waals surface area contributed by atoms with Crippen molar-refractivity contribution in [2.75, 3.05) is 0 Å². The fourth-order valence-corrected chi connectivity index (χ4v) is 5.46. The van der Waals surface area contributed by atoms with Gasteiger partial charge in [0.15, 0.2) is 5.82 Å². The Morgan fingerprint density at radius 2 is 1.86 bits per heavy atom. The summed E-state index contributed by atoms with van der Waals surface area (Å²) in [5, 5.41) is 16.0. The van der Waals surface area contributed by atoms with E-state index in [0.29, 0.717) is 19.6 Å². The Morgan fingerprint density at radius 1 is 1.03 bits per heavy atom. The zero-order valence-corrected chi connectivity index (χ0v) is 21.6. The lowest BCUT2D eigenvalue weighted by Gasteiger charge is -2.33. The number of fused-ring (bicyclic) bond motifs is 1. The molecule has 0 fully saturated rings. The summed E-state index contributed by atoms with van der Waals surface area (Å²) in [5.74, 6) is 1.02. The van der Waals surface area contributed by atoms with Crippen molar-refractivity contribution < 1.29 is 0 Å². The number of thiophene rings is 1. The summed E-state index contributed by atoms with van der Waals surface area (Å²) in [6.07, 6.45) is 0. The van der Waals surface area contributed by atoms with Gasteiger partial charge < -0.3 is 4.98 Å². The van der Waals surface area contributed by atoms with E-state index < -0.39 is 0 Å². The van der Waals surface area contributed by atoms with Crippen LogP contribution in [0.25, 0.3) is 10.9 Å². The van der Waals surface area contributed by atoms with Gasteiger partial charge in [0.05, 0.1) is 12.6 Å². The van der Waals surface area contributed by atoms with Crippen molar-refractivity contribution in [1.29, 1.82) is 0 Å². The average Bonchev–Trinajstić information content (AvgIpc) is 3.53. The molecule has 36 heavy (non-hydrogen) atoms. The van der Waals surface area contributed by atoms with Gasteiger partial charge in [-0.1, -0.05) is 62.4 Å². The first-order valence-corrected chi connectivity index (χ1v) is 13.0. The molecular formula is C28H30N6OS. The van der Waals surface area contributed by atoms with Crippen LogP contribution in [-0.2, 0) is 19.6 Å². The van der Waals surface area contributed by atoms with Crippen molar-refractivity contribution in [2.24, 2.45) is 5.92 Å². The first-order valence-electron chi connectivity index (χ1n) is 12.2. The normalized spacial score (nSPS) is 12.6. The van der Waals surface area contributed by atoms with E-state index in [1.54, 1.807) is 11.3 Å². The molecule has 0 aliphatic rings. The lowest BCUT2D eigenvalue weighted by molar-refractivity contribution is 0.127. The molecule has 0 amide bonds. The highest BCUT2D eigenvalue weighted by Crippen LogP contribution is 2.31. The molecule has 1 N–H and O–H groups in total. The Kier molecular flexibility index (Phi) is 7.06. The lowest BCUT2D eigenvalue weighted by atomic mass is 10.00.